The van der Waals surface area contributed by atoms with Gasteiger partial charge in [0.25, 0.3) is 0 Å². The molecule has 3 amide bonds. The van der Waals surface area contributed by atoms with Gasteiger partial charge in [-0.1, -0.05) is 11.6 Å². The highest BCUT2D eigenvalue weighted by atomic mass is 35.5. The van der Waals surface area contributed by atoms with Crippen LogP contribution in [0.15, 0.2) is 12.3 Å². The van der Waals surface area contributed by atoms with Crippen LogP contribution in [-0.4, -0.2) is 47.2 Å². The number of ketones is 1. The van der Waals surface area contributed by atoms with Gasteiger partial charge < -0.3 is 10.2 Å². The molecule has 0 aromatic carbocycles. The van der Waals surface area contributed by atoms with Gasteiger partial charge in [0.15, 0.2) is 0 Å². The van der Waals surface area contributed by atoms with E-state index in [9.17, 15) is 27.6 Å². The van der Waals surface area contributed by atoms with Gasteiger partial charge in [-0.15, -0.1) is 0 Å². The molecule has 0 bridgehead atoms. The molecule has 0 spiro atoms. The number of hydrogen-bond acceptors (Lipinski definition) is 5. The summed E-state index contributed by atoms with van der Waals surface area (Å²) in [4.78, 5) is 39.5. The molecule has 2 heterocycles. The molecule has 25 heavy (non-hydrogen) atoms. The van der Waals surface area contributed by atoms with Crippen LogP contribution in [-0.2, 0) is 15.8 Å². The number of Topliss-reactive ketones (excluding diaryl/α,β-unsaturated/α-hetero) is 1. The Morgan fingerprint density at radius 2 is 2.16 bits per heavy atom. The van der Waals surface area contributed by atoms with Crippen LogP contribution in [0.2, 0.25) is 5.02 Å². The summed E-state index contributed by atoms with van der Waals surface area (Å²) < 4.78 is 37.6. The Bertz CT molecular complexity index is 711. The molecule has 1 atom stereocenters. The SMILES string of the molecule is CC(=O)C1CN(CCNc2ncc(C(F)(F)F)cc2Cl)C(=O)NC1=O. The number of nitrogens with one attached hydrogen (secondary N) is 2. The molecule has 1 unspecified atom stereocenters. The van der Waals surface area contributed by atoms with Crippen LogP contribution < -0.4 is 10.6 Å². The molecule has 7 nitrogen and oxygen atoms in total. The first kappa shape index (κ1) is 19.0. The summed E-state index contributed by atoms with van der Waals surface area (Å²) >= 11 is 5.76. The van der Waals surface area contributed by atoms with Gasteiger partial charge in [0, 0.05) is 25.8 Å². The van der Waals surface area contributed by atoms with Gasteiger partial charge in [0.2, 0.25) is 5.91 Å². The van der Waals surface area contributed by atoms with Crippen molar-refractivity contribution < 1.29 is 27.6 Å². The number of imide groups is 1. The average Bonchev–Trinajstić information content (AvgIpc) is 2.49. The van der Waals surface area contributed by atoms with Crippen LogP contribution in [0.25, 0.3) is 0 Å². The second-order valence-corrected chi connectivity index (χ2v) is 5.79. The molecule has 0 radical (unpaired) electrons. The van der Waals surface area contributed by atoms with Crippen LogP contribution in [0.5, 0.6) is 0 Å². The van der Waals surface area contributed by atoms with Crippen molar-refractivity contribution in [2.45, 2.75) is 13.1 Å². The lowest BCUT2D eigenvalue weighted by atomic mass is 10.0. The predicted molar refractivity (Wildman–Crippen MR) is 82.0 cm³/mol. The van der Waals surface area contributed by atoms with Crippen molar-refractivity contribution in [1.82, 2.24) is 15.2 Å². The third-order valence-electron chi connectivity index (χ3n) is 3.57. The second-order valence-electron chi connectivity index (χ2n) is 5.38. The Hall–Kier alpha value is -2.36. The summed E-state index contributed by atoms with van der Waals surface area (Å²) in [6, 6.07) is 0.102. The molecule has 1 aromatic rings. The smallest absolute Gasteiger partial charge is 0.367 e. The van der Waals surface area contributed by atoms with E-state index < -0.39 is 29.6 Å². The number of carbonyl (C=O) groups excluding carboxylic acids is 3. The Morgan fingerprint density at radius 1 is 1.48 bits per heavy atom. The van der Waals surface area contributed by atoms with Crippen LogP contribution in [0.4, 0.5) is 23.8 Å². The fourth-order valence-corrected chi connectivity index (χ4v) is 2.43. The summed E-state index contributed by atoms with van der Waals surface area (Å²) in [5.41, 5.74) is -0.971. The van der Waals surface area contributed by atoms with Crippen molar-refractivity contribution in [3.63, 3.8) is 0 Å². The van der Waals surface area contributed by atoms with Crippen molar-refractivity contribution in [2.75, 3.05) is 25.0 Å². The van der Waals surface area contributed by atoms with Crippen molar-refractivity contribution in [3.8, 4) is 0 Å². The zero-order valence-corrected chi connectivity index (χ0v) is 13.7. The normalized spacial score (nSPS) is 18.1. The molecule has 0 aliphatic carbocycles. The van der Waals surface area contributed by atoms with Crippen molar-refractivity contribution in [1.29, 1.82) is 0 Å². The van der Waals surface area contributed by atoms with E-state index in [0.717, 1.165) is 6.07 Å². The number of rotatable bonds is 5. The van der Waals surface area contributed by atoms with Gasteiger partial charge in [-0.2, -0.15) is 13.2 Å². The third-order valence-corrected chi connectivity index (χ3v) is 3.86. The second kappa shape index (κ2) is 7.26. The van der Waals surface area contributed by atoms with Gasteiger partial charge in [0.05, 0.1) is 10.6 Å². The highest BCUT2D eigenvalue weighted by Gasteiger charge is 2.35. The monoisotopic (exact) mass is 378 g/mol. The minimum absolute atomic E-state index is 0.0336. The van der Waals surface area contributed by atoms with Crippen molar-refractivity contribution in [3.05, 3.63) is 22.8 Å². The van der Waals surface area contributed by atoms with Gasteiger partial charge in [0.1, 0.15) is 17.5 Å². The topological polar surface area (TPSA) is 91.4 Å². The van der Waals surface area contributed by atoms with E-state index in [1.54, 1.807) is 0 Å². The van der Waals surface area contributed by atoms with Gasteiger partial charge in [-0.3, -0.25) is 14.9 Å². The Kier molecular flexibility index (Phi) is 5.51. The first-order chi connectivity index (χ1) is 11.6. The minimum Gasteiger partial charge on any atom is -0.367 e. The summed E-state index contributed by atoms with van der Waals surface area (Å²) in [5.74, 6) is -1.92. The highest BCUT2D eigenvalue weighted by Crippen LogP contribution is 2.32. The molecule has 1 aliphatic rings. The molecule has 1 aromatic heterocycles. The minimum atomic E-state index is -4.55. The Balaban J connectivity index is 1.95. The van der Waals surface area contributed by atoms with Crippen molar-refractivity contribution >= 4 is 35.1 Å². The fraction of sp³-hybridized carbons (Fsp3) is 0.429. The Labute approximate surface area is 145 Å². The molecule has 2 N–H and O–H groups in total. The first-order valence-corrected chi connectivity index (χ1v) is 7.54. The number of aromatic nitrogens is 1. The maximum Gasteiger partial charge on any atom is 0.417 e. The van der Waals surface area contributed by atoms with E-state index in [1.165, 1.54) is 11.8 Å². The molecule has 2 rings (SSSR count). The van der Waals surface area contributed by atoms with E-state index in [0.29, 0.717) is 6.20 Å². The Morgan fingerprint density at radius 3 is 2.72 bits per heavy atom. The number of carbonyl (C=O) groups is 3. The lowest BCUT2D eigenvalue weighted by molar-refractivity contribution is -0.138. The molecule has 1 aliphatic heterocycles. The maximum absolute atomic E-state index is 12.5. The molecule has 0 saturated carbocycles. The molecule has 1 fully saturated rings. The zero-order chi connectivity index (χ0) is 18.8. The quantitative estimate of drug-likeness (QED) is 0.764. The zero-order valence-electron chi connectivity index (χ0n) is 13.0. The van der Waals surface area contributed by atoms with Crippen LogP contribution >= 0.6 is 11.6 Å². The van der Waals surface area contributed by atoms with Gasteiger partial charge in [-0.05, 0) is 13.0 Å². The lowest BCUT2D eigenvalue weighted by Gasteiger charge is -2.30. The van der Waals surface area contributed by atoms with E-state index >= 15 is 0 Å². The van der Waals surface area contributed by atoms with E-state index in [-0.39, 0.29) is 36.3 Å². The molecular formula is C14H14ClF3N4O3. The number of anilines is 1. The molecule has 1 saturated heterocycles. The van der Waals surface area contributed by atoms with E-state index in [2.05, 4.69) is 15.6 Å². The van der Waals surface area contributed by atoms with E-state index in [1.807, 2.05) is 0 Å². The first-order valence-electron chi connectivity index (χ1n) is 7.16. The summed E-state index contributed by atoms with van der Waals surface area (Å²) in [7, 11) is 0. The largest absolute Gasteiger partial charge is 0.417 e. The number of halogens is 4. The lowest BCUT2D eigenvalue weighted by Crippen LogP contribution is -2.56. The number of alkyl halides is 3. The van der Waals surface area contributed by atoms with E-state index in [4.69, 9.17) is 11.6 Å². The number of urea groups is 1. The molecule has 11 heteroatoms. The van der Waals surface area contributed by atoms with Gasteiger partial charge >= 0.3 is 12.2 Å². The fourth-order valence-electron chi connectivity index (χ4n) is 2.20. The average molecular weight is 379 g/mol. The summed E-state index contributed by atoms with van der Waals surface area (Å²) in [6.07, 6.45) is -3.90. The standard InChI is InChI=1S/C14H14ClF3N4O3/c1-7(23)9-6-22(13(25)21-12(9)24)3-2-19-11-10(15)4-8(5-20-11)14(16,17)18/h4-5,9H,2-3,6H2,1H3,(H,19,20)(H,21,24,25). The summed E-state index contributed by atoms with van der Waals surface area (Å²) in [5, 5.41) is 4.58. The summed E-state index contributed by atoms with van der Waals surface area (Å²) in [6.45, 7) is 1.41. The van der Waals surface area contributed by atoms with Gasteiger partial charge in [-0.25, -0.2) is 9.78 Å². The van der Waals surface area contributed by atoms with Crippen LogP contribution in [0.3, 0.4) is 0 Å². The highest BCUT2D eigenvalue weighted by molar-refractivity contribution is 6.32. The number of nitrogens with zero attached hydrogens (tertiary/aromatic N) is 2. The number of hydrogen-bond donors (Lipinski definition) is 2. The number of pyridine rings is 1. The maximum atomic E-state index is 12.5. The van der Waals surface area contributed by atoms with Crippen LogP contribution in [0, 0.1) is 5.92 Å². The number of amides is 3. The van der Waals surface area contributed by atoms with Crippen molar-refractivity contribution in [2.24, 2.45) is 5.92 Å². The molecule has 136 valence electrons. The predicted octanol–water partition coefficient (Wildman–Crippen LogP) is 1.92. The third kappa shape index (κ3) is 4.59. The molecular weight excluding hydrogens is 365 g/mol. The van der Waals surface area contributed by atoms with Crippen LogP contribution in [0.1, 0.15) is 12.5 Å².